The lowest BCUT2D eigenvalue weighted by Crippen LogP contribution is -2.16. The Morgan fingerprint density at radius 2 is 0.434 bits per heavy atom. The third kappa shape index (κ3) is 15.2. The smallest absolute Gasteiger partial charge is 0.143 e. The molecule has 0 radical (unpaired) electrons. The van der Waals surface area contributed by atoms with Crippen molar-refractivity contribution in [3.8, 4) is 122 Å². The Kier molecular flexibility index (Phi) is 19.2. The maximum Gasteiger partial charge on any atom is 0.143 e. The second kappa shape index (κ2) is 37.5. The number of hydrogen-bond donors (Lipinski definition) is 0. The van der Waals surface area contributed by atoms with Gasteiger partial charge < -0.3 is 13.3 Å². The molecule has 3 heteroatoms. The average Bonchev–Trinajstić information content (AvgIpc) is 1.52. The summed E-state index contributed by atoms with van der Waals surface area (Å²) in [5.41, 5.74) is 35.1. The van der Waals surface area contributed by atoms with Crippen molar-refractivity contribution < 1.29 is 55.7 Å². The second-order valence-corrected chi connectivity index (χ2v) is 37.7. The van der Waals surface area contributed by atoms with Crippen LogP contribution in [0.2, 0.25) is 0 Å². The van der Waals surface area contributed by atoms with Gasteiger partial charge in [-0.1, -0.05) is 500 Å². The van der Waals surface area contributed by atoms with E-state index in [2.05, 4.69) is 511 Å². The Bertz CT molecular complexity index is 9830. The van der Waals surface area contributed by atoms with E-state index < -0.39 is 0 Å². The minimum atomic E-state index is -0.143. The first-order valence-electron chi connectivity index (χ1n) is 65.4. The SMILES string of the molecule is CC1(C)c2cc(-c3ccc4oc5c(-c6c7ccccc7c(-c7ccccc7)c7ccccc67)cccc5c4c3)ccc2-c2cccc(-c3ccccc3)c21.[2H]C.[2H]C.[2H]C.[2H]C.[2H]C.[2H][2H].[2H][2H].[2H][2H].[2H][2H].[2H][2H].[2H][2H].[2H][2H].[2H][2H].[2H][2H].[2H][2H].[2H][2H].[2H][2H].c1ccc(-c2c3ccccc3c(-c3cccc4c3oc3ccc(-c5ccc6ccccc6c5)cc34)c3ccccc23)cc1.c1ccc(-c2c3ccccc3c(-c3cccc4c3oc3ccc(-c5cccc6ccccc56)cc34)c3ccccc23)cc1. The van der Waals surface area contributed by atoms with Gasteiger partial charge >= 0.3 is 0 Å². The van der Waals surface area contributed by atoms with Crippen LogP contribution in [0.3, 0.4) is 0 Å². The van der Waals surface area contributed by atoms with Crippen LogP contribution in [-0.4, -0.2) is 0 Å². The highest BCUT2D eigenvalue weighted by molar-refractivity contribution is 6.29. The van der Waals surface area contributed by atoms with Crippen molar-refractivity contribution >= 4 is 152 Å². The molecular formula is C142H132O3. The zero-order valence-corrected chi connectivity index (χ0v) is 82.1. The van der Waals surface area contributed by atoms with Gasteiger partial charge in [0.1, 0.15) is 33.5 Å². The molecule has 3 nitrogen and oxygen atoms in total. The number of fused-ring (bicyclic) bond motifs is 20. The van der Waals surface area contributed by atoms with Gasteiger partial charge in [0.25, 0.3) is 0 Å². The maximum atomic E-state index is 6.85. The highest BCUT2D eigenvalue weighted by atomic mass is 16.3. The molecular weight excluding hydrogens is 1750 g/mol. The molecule has 29 rings (SSSR count). The number of hydrogen-bond acceptors (Lipinski definition) is 3. The number of furan rings is 3. The molecule has 0 saturated heterocycles. The monoisotopic (exact) mass is 1910 g/mol. The fraction of sp³-hybridized carbons (Fsp3) is 0.0563. The van der Waals surface area contributed by atoms with E-state index in [0.717, 1.165) is 82.5 Å². The summed E-state index contributed by atoms with van der Waals surface area (Å²) < 4.78 is 169. The molecule has 145 heavy (non-hydrogen) atoms. The Balaban J connectivity index is 0.000000235. The van der Waals surface area contributed by atoms with E-state index in [0.29, 0.717) is 0 Å². The van der Waals surface area contributed by atoms with Crippen LogP contribution in [0.25, 0.3) is 274 Å². The molecule has 25 aromatic carbocycles. The van der Waals surface area contributed by atoms with Crippen LogP contribution in [0.5, 0.6) is 0 Å². The van der Waals surface area contributed by atoms with Gasteiger partial charge in [0.2, 0.25) is 0 Å². The molecule has 0 fully saturated rings. The van der Waals surface area contributed by atoms with Crippen molar-refractivity contribution in [2.24, 2.45) is 0 Å². The molecule has 0 spiro atoms. The van der Waals surface area contributed by atoms with Gasteiger partial charge in [0.15, 0.2) is 0 Å². The molecule has 718 valence electrons. The summed E-state index contributed by atoms with van der Waals surface area (Å²) in [6.45, 7) is 4.75. The Labute approximate surface area is 890 Å². The van der Waals surface area contributed by atoms with Crippen molar-refractivity contribution in [1.82, 2.24) is 0 Å². The highest BCUT2D eigenvalue weighted by Gasteiger charge is 2.38. The van der Waals surface area contributed by atoms with E-state index in [1.165, 1.54) is 240 Å². The molecule has 28 aromatic rings. The maximum absolute atomic E-state index is 6.85. The summed E-state index contributed by atoms with van der Waals surface area (Å²) in [5, 5.41) is 26.6. The molecule has 0 saturated carbocycles. The third-order valence-corrected chi connectivity index (χ3v) is 29.6. The number of rotatable bonds is 10. The van der Waals surface area contributed by atoms with Crippen molar-refractivity contribution in [3.63, 3.8) is 0 Å². The predicted octanol–water partition coefficient (Wildman–Crippen LogP) is 45.1. The van der Waals surface area contributed by atoms with E-state index in [9.17, 15) is 0 Å². The largest absolute Gasteiger partial charge is 0.455 e. The molecule has 0 unspecified atom stereocenters. The molecule has 0 N–H and O–H groups in total. The first kappa shape index (κ1) is 74.0. The van der Waals surface area contributed by atoms with Gasteiger partial charge in [-0.2, -0.15) is 0 Å². The molecule has 0 atom stereocenters. The predicted molar refractivity (Wildman–Crippen MR) is 652 cm³/mol. The fourth-order valence-corrected chi connectivity index (χ4v) is 23.3. The van der Waals surface area contributed by atoms with Crippen LogP contribution in [0.15, 0.2) is 511 Å². The van der Waals surface area contributed by atoms with Crippen LogP contribution in [0.4, 0.5) is 0 Å². The van der Waals surface area contributed by atoms with Crippen LogP contribution in [0.1, 0.15) is 104 Å². The summed E-state index contributed by atoms with van der Waals surface area (Å²) in [6.07, 6.45) is 0. The zero-order valence-electron chi connectivity index (χ0n) is 111. The Morgan fingerprint density at radius 3 is 0.834 bits per heavy atom. The van der Waals surface area contributed by atoms with Gasteiger partial charge in [-0.05, 0) is 235 Å². The average molecular weight is 1920 g/mol. The molecule has 1 aliphatic carbocycles. The lowest BCUT2D eigenvalue weighted by atomic mass is 9.78. The Morgan fingerprint density at radius 1 is 0.172 bits per heavy atom. The van der Waals surface area contributed by atoms with Gasteiger partial charge in [-0.25, -0.2) is 0 Å². The summed E-state index contributed by atoms with van der Waals surface area (Å²) in [5.74, 6) is 0. The molecule has 3 aromatic heterocycles. The number of benzene rings is 25. The lowest BCUT2D eigenvalue weighted by Gasteiger charge is -2.25. The van der Waals surface area contributed by atoms with Gasteiger partial charge in [-0.3, -0.25) is 0 Å². The van der Waals surface area contributed by atoms with Crippen molar-refractivity contribution in [2.75, 3.05) is 0 Å². The van der Waals surface area contributed by atoms with Crippen molar-refractivity contribution in [2.45, 2.75) is 56.3 Å². The van der Waals surface area contributed by atoms with Crippen LogP contribution in [-0.2, 0) is 5.41 Å². The second-order valence-electron chi connectivity index (χ2n) is 37.7. The van der Waals surface area contributed by atoms with E-state index in [1.54, 1.807) is 0 Å². The summed E-state index contributed by atoms with van der Waals surface area (Å²) in [4.78, 5) is 0. The first-order valence-corrected chi connectivity index (χ1v) is 48.4. The minimum absolute atomic E-state index is 0.143. The van der Waals surface area contributed by atoms with Gasteiger partial charge in [-0.15, -0.1) is 0 Å². The minimum Gasteiger partial charge on any atom is -0.455 e. The Hall–Kier alpha value is -18.0. The van der Waals surface area contributed by atoms with E-state index in [4.69, 9.17) is 55.7 Å². The third-order valence-electron chi connectivity index (χ3n) is 29.6. The van der Waals surface area contributed by atoms with Crippen LogP contribution >= 0.6 is 0 Å². The molecule has 0 aliphatic heterocycles. The van der Waals surface area contributed by atoms with E-state index in [1.807, 2.05) is 0 Å². The number of para-hydroxylation sites is 3. The highest BCUT2D eigenvalue weighted by Crippen LogP contribution is 2.56. The fourth-order valence-electron chi connectivity index (χ4n) is 23.3. The normalized spacial score (nSPS) is 12.8. The van der Waals surface area contributed by atoms with E-state index in [-0.39, 0.29) is 5.41 Å². The standard InChI is InChI=1S/C53H36O.2C42H26O.5CH4.12H2/c1-53(2)47-32-36(27-29-38(47)43-24-13-23-37(51(43)53)33-15-5-3-6-16-33)35-28-30-48-46(31-35)44-25-14-26-45(52(44)54-48)50-41-21-11-9-19-39(41)49(34-17-7-4-8-18-34)40-20-10-12-22-42(40)50;1-2-13-28(14-3-1)40-32-17-6-8-19-34(32)41(35-20-9-7-18-33(35)40)37-23-11-22-36-38-26-29(24-25-39(38)43-42(36)37)31-21-10-15-27-12-4-5-16-30(27)31;1-2-12-28(13-3-1)40-32-15-6-8-17-34(32)41(35-18-9-7-16-33(35)40)37-20-10-19-36-38-26-31(23-24-39(38)43-42(36)37)30-22-21-27-11-4-5-14-29(27)25-30;;;;;;;;;;;;;;;;;/h3-32H,1-2H3;2*1-26H;5*1H4;12*1H/i;;;5*1D;12*1+1D. The van der Waals surface area contributed by atoms with Crippen LogP contribution in [0, 0.1) is 0 Å². The van der Waals surface area contributed by atoms with Crippen molar-refractivity contribution in [1.29, 1.82) is 0 Å². The van der Waals surface area contributed by atoms with Gasteiger partial charge in [0, 0.05) is 114 Å². The molecule has 0 amide bonds. The van der Waals surface area contributed by atoms with Crippen LogP contribution < -0.4 is 0 Å². The topological polar surface area (TPSA) is 39.4 Å². The molecule has 0 bridgehead atoms. The summed E-state index contributed by atoms with van der Waals surface area (Å²) >= 11 is 0. The van der Waals surface area contributed by atoms with Crippen molar-refractivity contribution in [3.05, 3.63) is 509 Å². The van der Waals surface area contributed by atoms with E-state index >= 15 is 0 Å². The molecule has 3 heterocycles. The summed E-state index contributed by atoms with van der Waals surface area (Å²) in [7, 11) is 6.25. The lowest BCUT2D eigenvalue weighted by molar-refractivity contribution is 0.662. The summed E-state index contributed by atoms with van der Waals surface area (Å²) in [6, 6.07) is 180. The first-order chi connectivity index (χ1) is 86.2. The zero-order chi connectivity index (χ0) is 127. The molecule has 1 aliphatic rings. The van der Waals surface area contributed by atoms with Gasteiger partial charge in [0.05, 0.1) is 0 Å². The quantitative estimate of drug-likeness (QED) is 0.128.